The molecule has 0 saturated carbocycles. The Morgan fingerprint density at radius 2 is 2.05 bits per heavy atom. The Morgan fingerprint density at radius 3 is 2.80 bits per heavy atom. The Kier molecular flexibility index (Phi) is 3.54. The van der Waals surface area contributed by atoms with Gasteiger partial charge in [-0.15, -0.1) is 0 Å². The molecule has 20 heavy (non-hydrogen) atoms. The normalized spacial score (nSPS) is 10.9. The first-order valence-electron chi connectivity index (χ1n) is 6.31. The molecule has 1 N–H and O–H groups in total. The second-order valence-corrected chi connectivity index (χ2v) is 5.83. The minimum Gasteiger partial charge on any atom is -0.316 e. The predicted octanol–water partition coefficient (Wildman–Crippen LogP) is 4.35. The van der Waals surface area contributed by atoms with Gasteiger partial charge in [0, 0.05) is 11.8 Å². The van der Waals surface area contributed by atoms with Crippen molar-refractivity contribution in [2.45, 2.75) is 20.3 Å². The summed E-state index contributed by atoms with van der Waals surface area (Å²) in [6, 6.07) is 8.18. The monoisotopic (exact) mass is 304 g/mol. The SMILES string of the molecule is CCc1ccc2nc(Nc3cc(C)nc(Cl)n3)sc2c1. The van der Waals surface area contributed by atoms with Crippen molar-refractivity contribution in [2.75, 3.05) is 5.32 Å². The van der Waals surface area contributed by atoms with Gasteiger partial charge < -0.3 is 5.32 Å². The molecule has 3 aromatic rings. The first-order valence-corrected chi connectivity index (χ1v) is 7.51. The molecule has 0 radical (unpaired) electrons. The summed E-state index contributed by atoms with van der Waals surface area (Å²) in [6.07, 6.45) is 1.03. The number of nitrogens with zero attached hydrogens (tertiary/aromatic N) is 3. The summed E-state index contributed by atoms with van der Waals surface area (Å²) >= 11 is 7.46. The van der Waals surface area contributed by atoms with E-state index in [1.54, 1.807) is 11.3 Å². The third kappa shape index (κ3) is 2.73. The van der Waals surface area contributed by atoms with Crippen LogP contribution in [-0.4, -0.2) is 15.0 Å². The number of halogens is 1. The molecule has 0 atom stereocenters. The van der Waals surface area contributed by atoms with E-state index in [9.17, 15) is 0 Å². The highest BCUT2D eigenvalue weighted by Gasteiger charge is 2.06. The number of aryl methyl sites for hydroxylation is 2. The Morgan fingerprint density at radius 1 is 1.20 bits per heavy atom. The summed E-state index contributed by atoms with van der Waals surface area (Å²) in [5.41, 5.74) is 3.13. The Hall–Kier alpha value is -1.72. The molecule has 0 saturated heterocycles. The van der Waals surface area contributed by atoms with Gasteiger partial charge in [0.2, 0.25) is 5.28 Å². The summed E-state index contributed by atoms with van der Waals surface area (Å²) in [5, 5.41) is 4.23. The predicted molar refractivity (Wildman–Crippen MR) is 84.1 cm³/mol. The quantitative estimate of drug-likeness (QED) is 0.731. The van der Waals surface area contributed by atoms with Crippen LogP contribution in [0.5, 0.6) is 0 Å². The van der Waals surface area contributed by atoms with Gasteiger partial charge in [-0.25, -0.2) is 15.0 Å². The molecule has 2 heterocycles. The molecule has 0 unspecified atom stereocenters. The number of anilines is 2. The first kappa shape index (κ1) is 13.3. The topological polar surface area (TPSA) is 50.7 Å². The molecule has 0 aliphatic rings. The van der Waals surface area contributed by atoms with Crippen LogP contribution in [0.1, 0.15) is 18.2 Å². The standard InChI is InChI=1S/C14H13ClN4S/c1-3-9-4-5-10-11(7-9)20-14(17-10)19-12-6-8(2)16-13(15)18-12/h4-7H,3H2,1-2H3,(H,16,17,18,19). The van der Waals surface area contributed by atoms with Gasteiger partial charge >= 0.3 is 0 Å². The van der Waals surface area contributed by atoms with E-state index in [0.29, 0.717) is 5.82 Å². The molecular formula is C14H13ClN4S. The molecule has 0 amide bonds. The van der Waals surface area contributed by atoms with Crippen LogP contribution >= 0.6 is 22.9 Å². The lowest BCUT2D eigenvalue weighted by atomic mass is 10.2. The van der Waals surface area contributed by atoms with Crippen molar-refractivity contribution in [1.82, 2.24) is 15.0 Å². The second kappa shape index (κ2) is 5.34. The van der Waals surface area contributed by atoms with Gasteiger partial charge in [-0.3, -0.25) is 0 Å². The Bertz CT molecular complexity index is 749. The average molecular weight is 305 g/mol. The number of thiazole rings is 1. The van der Waals surface area contributed by atoms with Crippen molar-refractivity contribution >= 4 is 44.1 Å². The van der Waals surface area contributed by atoms with E-state index < -0.39 is 0 Å². The number of rotatable bonds is 3. The van der Waals surface area contributed by atoms with E-state index >= 15 is 0 Å². The van der Waals surface area contributed by atoms with E-state index in [-0.39, 0.29) is 5.28 Å². The molecule has 0 spiro atoms. The fraction of sp³-hybridized carbons (Fsp3) is 0.214. The summed E-state index contributed by atoms with van der Waals surface area (Å²) in [6.45, 7) is 4.03. The molecular weight excluding hydrogens is 292 g/mol. The van der Waals surface area contributed by atoms with Crippen molar-refractivity contribution < 1.29 is 0 Å². The maximum atomic E-state index is 5.86. The van der Waals surface area contributed by atoms with E-state index in [0.717, 1.165) is 22.8 Å². The third-order valence-electron chi connectivity index (χ3n) is 2.92. The number of benzene rings is 1. The van der Waals surface area contributed by atoms with Crippen LogP contribution in [0, 0.1) is 6.92 Å². The zero-order valence-corrected chi connectivity index (χ0v) is 12.7. The van der Waals surface area contributed by atoms with Crippen molar-refractivity contribution in [3.05, 3.63) is 40.8 Å². The van der Waals surface area contributed by atoms with E-state index in [4.69, 9.17) is 11.6 Å². The summed E-state index contributed by atoms with van der Waals surface area (Å²) in [5.74, 6) is 0.664. The molecule has 0 fully saturated rings. The summed E-state index contributed by atoms with van der Waals surface area (Å²) in [4.78, 5) is 12.7. The van der Waals surface area contributed by atoms with Gasteiger partial charge in [0.15, 0.2) is 5.13 Å². The van der Waals surface area contributed by atoms with Crippen LogP contribution in [0.2, 0.25) is 5.28 Å². The first-order chi connectivity index (χ1) is 9.64. The van der Waals surface area contributed by atoms with E-state index in [2.05, 4.69) is 39.3 Å². The lowest BCUT2D eigenvalue weighted by molar-refractivity contribution is 1.10. The highest BCUT2D eigenvalue weighted by molar-refractivity contribution is 7.22. The number of aromatic nitrogens is 3. The number of fused-ring (bicyclic) bond motifs is 1. The largest absolute Gasteiger partial charge is 0.316 e. The number of hydrogen-bond acceptors (Lipinski definition) is 5. The average Bonchev–Trinajstić information content (AvgIpc) is 2.78. The van der Waals surface area contributed by atoms with Crippen LogP contribution in [-0.2, 0) is 6.42 Å². The van der Waals surface area contributed by atoms with Crippen molar-refractivity contribution in [3.63, 3.8) is 0 Å². The highest BCUT2D eigenvalue weighted by Crippen LogP contribution is 2.29. The smallest absolute Gasteiger partial charge is 0.224 e. The van der Waals surface area contributed by atoms with Crippen LogP contribution in [0.15, 0.2) is 24.3 Å². The van der Waals surface area contributed by atoms with Crippen LogP contribution in [0.25, 0.3) is 10.2 Å². The molecule has 3 rings (SSSR count). The molecule has 2 aromatic heterocycles. The molecule has 4 nitrogen and oxygen atoms in total. The lowest BCUT2D eigenvalue weighted by Gasteiger charge is -2.02. The molecule has 0 bridgehead atoms. The maximum Gasteiger partial charge on any atom is 0.224 e. The van der Waals surface area contributed by atoms with Crippen molar-refractivity contribution in [3.8, 4) is 0 Å². The fourth-order valence-electron chi connectivity index (χ4n) is 1.95. The molecule has 0 aliphatic heterocycles. The number of nitrogens with one attached hydrogen (secondary N) is 1. The summed E-state index contributed by atoms with van der Waals surface area (Å²) in [7, 11) is 0. The van der Waals surface area contributed by atoms with Gasteiger partial charge in [0.25, 0.3) is 0 Å². The van der Waals surface area contributed by atoms with Crippen LogP contribution in [0.3, 0.4) is 0 Å². The molecule has 6 heteroatoms. The number of hydrogen-bond donors (Lipinski definition) is 1. The fourth-order valence-corrected chi connectivity index (χ4v) is 3.11. The molecule has 102 valence electrons. The van der Waals surface area contributed by atoms with Crippen LogP contribution < -0.4 is 5.32 Å². The van der Waals surface area contributed by atoms with Gasteiger partial charge in [-0.1, -0.05) is 24.3 Å². The van der Waals surface area contributed by atoms with Gasteiger partial charge in [0.05, 0.1) is 10.2 Å². The van der Waals surface area contributed by atoms with Gasteiger partial charge in [-0.2, -0.15) is 0 Å². The third-order valence-corrected chi connectivity index (χ3v) is 4.03. The summed E-state index contributed by atoms with van der Waals surface area (Å²) < 4.78 is 1.17. The van der Waals surface area contributed by atoms with Gasteiger partial charge in [-0.05, 0) is 42.6 Å². The van der Waals surface area contributed by atoms with Crippen molar-refractivity contribution in [1.29, 1.82) is 0 Å². The zero-order chi connectivity index (χ0) is 14.1. The maximum absolute atomic E-state index is 5.86. The van der Waals surface area contributed by atoms with Gasteiger partial charge in [0.1, 0.15) is 5.82 Å². The zero-order valence-electron chi connectivity index (χ0n) is 11.1. The lowest BCUT2D eigenvalue weighted by Crippen LogP contribution is -1.96. The highest BCUT2D eigenvalue weighted by atomic mass is 35.5. The Balaban J connectivity index is 1.94. The van der Waals surface area contributed by atoms with E-state index in [1.165, 1.54) is 10.3 Å². The molecule has 1 aromatic carbocycles. The van der Waals surface area contributed by atoms with Crippen LogP contribution in [0.4, 0.5) is 10.9 Å². The molecule has 0 aliphatic carbocycles. The minimum atomic E-state index is 0.238. The van der Waals surface area contributed by atoms with E-state index in [1.807, 2.05) is 19.1 Å². The minimum absolute atomic E-state index is 0.238. The second-order valence-electron chi connectivity index (χ2n) is 4.46. The Labute approximate surface area is 125 Å². The van der Waals surface area contributed by atoms with Crippen molar-refractivity contribution in [2.24, 2.45) is 0 Å².